The lowest BCUT2D eigenvalue weighted by molar-refractivity contribution is -0.127. The molecule has 96 valence electrons. The first kappa shape index (κ1) is 13.1. The zero-order valence-corrected chi connectivity index (χ0v) is 10.9. The van der Waals surface area contributed by atoms with Crippen LogP contribution in [0.3, 0.4) is 0 Å². The number of ketones is 1. The van der Waals surface area contributed by atoms with Crippen molar-refractivity contribution in [3.05, 3.63) is 34.9 Å². The predicted octanol–water partition coefficient (Wildman–Crippen LogP) is 3.25. The third-order valence-electron chi connectivity index (χ3n) is 3.25. The van der Waals surface area contributed by atoms with Gasteiger partial charge in [0.15, 0.2) is 0 Å². The average molecular weight is 267 g/mol. The zero-order chi connectivity index (χ0) is 13.1. The molecule has 18 heavy (non-hydrogen) atoms. The molecule has 0 radical (unpaired) electrons. The summed E-state index contributed by atoms with van der Waals surface area (Å²) in [5.74, 6) is -0.121. The van der Waals surface area contributed by atoms with Crippen LogP contribution in [0, 0.1) is 5.92 Å². The van der Waals surface area contributed by atoms with Crippen molar-refractivity contribution in [3.63, 3.8) is 0 Å². The maximum atomic E-state index is 11.8. The molecule has 3 nitrogen and oxygen atoms in total. The van der Waals surface area contributed by atoms with Gasteiger partial charge in [0, 0.05) is 17.4 Å². The number of ether oxygens (including phenoxy) is 1. The summed E-state index contributed by atoms with van der Waals surface area (Å²) < 4.78 is 5.33. The van der Waals surface area contributed by atoms with Crippen molar-refractivity contribution >= 4 is 23.4 Å². The molecule has 1 aromatic carbocycles. The summed E-state index contributed by atoms with van der Waals surface area (Å²) in [6.45, 7) is 1.92. The lowest BCUT2D eigenvalue weighted by Crippen LogP contribution is -2.30. The molecule has 0 bridgehead atoms. The molecule has 0 aliphatic heterocycles. The first-order chi connectivity index (χ1) is 8.56. The summed E-state index contributed by atoms with van der Waals surface area (Å²) in [5.41, 5.74) is 0.463. The number of carbonyl (C=O) groups is 2. The Hall–Kier alpha value is -1.35. The molecule has 1 aliphatic carbocycles. The second-order valence-electron chi connectivity index (χ2n) is 4.68. The van der Waals surface area contributed by atoms with Gasteiger partial charge >= 0.3 is 5.97 Å². The van der Waals surface area contributed by atoms with Gasteiger partial charge in [-0.2, -0.15) is 0 Å². The van der Waals surface area contributed by atoms with Crippen LogP contribution in [0.15, 0.2) is 24.3 Å². The molecule has 0 aromatic heterocycles. The molecule has 4 heteroatoms. The SMILES string of the molecule is CC1CCC(OC(=O)c2ccc(Cl)cc2)CC1=O. The van der Waals surface area contributed by atoms with Crippen LogP contribution >= 0.6 is 11.6 Å². The quantitative estimate of drug-likeness (QED) is 0.772. The predicted molar refractivity (Wildman–Crippen MR) is 68.7 cm³/mol. The van der Waals surface area contributed by atoms with Crippen LogP contribution in [0.4, 0.5) is 0 Å². The highest BCUT2D eigenvalue weighted by molar-refractivity contribution is 6.30. The van der Waals surface area contributed by atoms with Gasteiger partial charge in [-0.25, -0.2) is 4.79 Å². The third-order valence-corrected chi connectivity index (χ3v) is 3.51. The van der Waals surface area contributed by atoms with E-state index in [-0.39, 0.29) is 23.8 Å². The number of esters is 1. The van der Waals surface area contributed by atoms with Gasteiger partial charge in [0.05, 0.1) is 5.56 Å². The Morgan fingerprint density at radius 1 is 1.28 bits per heavy atom. The van der Waals surface area contributed by atoms with Crippen LogP contribution < -0.4 is 0 Å². The maximum absolute atomic E-state index is 11.8. The van der Waals surface area contributed by atoms with Crippen molar-refractivity contribution in [3.8, 4) is 0 Å². The number of hydrogen-bond donors (Lipinski definition) is 0. The molecular weight excluding hydrogens is 252 g/mol. The first-order valence-corrected chi connectivity index (χ1v) is 6.43. The van der Waals surface area contributed by atoms with Crippen LogP contribution in [-0.4, -0.2) is 17.9 Å². The number of carbonyl (C=O) groups excluding carboxylic acids is 2. The van der Waals surface area contributed by atoms with Gasteiger partial charge in [0.25, 0.3) is 0 Å². The second-order valence-corrected chi connectivity index (χ2v) is 5.12. The van der Waals surface area contributed by atoms with Gasteiger partial charge in [-0.15, -0.1) is 0 Å². The Morgan fingerprint density at radius 2 is 1.94 bits per heavy atom. The van der Waals surface area contributed by atoms with Gasteiger partial charge < -0.3 is 4.74 Å². The molecule has 1 fully saturated rings. The molecule has 0 heterocycles. The van der Waals surface area contributed by atoms with Crippen molar-refractivity contribution in [1.29, 1.82) is 0 Å². The molecule has 0 saturated heterocycles. The number of rotatable bonds is 2. The molecule has 2 atom stereocenters. The number of hydrogen-bond acceptors (Lipinski definition) is 3. The van der Waals surface area contributed by atoms with Crippen molar-refractivity contribution < 1.29 is 14.3 Å². The second kappa shape index (κ2) is 5.53. The Kier molecular flexibility index (Phi) is 4.02. The fourth-order valence-corrected chi connectivity index (χ4v) is 2.16. The van der Waals surface area contributed by atoms with E-state index in [9.17, 15) is 9.59 Å². The summed E-state index contributed by atoms with van der Waals surface area (Å²) in [6, 6.07) is 6.54. The molecule has 1 aliphatic rings. The highest BCUT2D eigenvalue weighted by Gasteiger charge is 2.28. The Bertz CT molecular complexity index is 453. The van der Waals surface area contributed by atoms with Gasteiger partial charge in [-0.05, 0) is 37.1 Å². The molecule has 0 spiro atoms. The lowest BCUT2D eigenvalue weighted by atomic mass is 9.87. The van der Waals surface area contributed by atoms with Crippen LogP contribution in [0.5, 0.6) is 0 Å². The number of benzene rings is 1. The van der Waals surface area contributed by atoms with Gasteiger partial charge in [0.2, 0.25) is 0 Å². The minimum atomic E-state index is -0.390. The van der Waals surface area contributed by atoms with Crippen molar-refractivity contribution in [2.45, 2.75) is 32.3 Å². The minimum Gasteiger partial charge on any atom is -0.458 e. The minimum absolute atomic E-state index is 0.0930. The number of halogens is 1. The van der Waals surface area contributed by atoms with Crippen molar-refractivity contribution in [2.75, 3.05) is 0 Å². The topological polar surface area (TPSA) is 43.4 Å². The standard InChI is InChI=1S/C14H15ClO3/c1-9-2-7-12(8-13(9)16)18-14(17)10-3-5-11(15)6-4-10/h3-6,9,12H,2,7-8H2,1H3. The fourth-order valence-electron chi connectivity index (χ4n) is 2.03. The van der Waals surface area contributed by atoms with E-state index in [1.165, 1.54) is 0 Å². The van der Waals surface area contributed by atoms with E-state index in [2.05, 4.69) is 0 Å². The van der Waals surface area contributed by atoms with Gasteiger partial charge in [0.1, 0.15) is 11.9 Å². The van der Waals surface area contributed by atoms with Crippen molar-refractivity contribution in [1.82, 2.24) is 0 Å². The summed E-state index contributed by atoms with van der Waals surface area (Å²) in [6.07, 6.45) is 1.60. The smallest absolute Gasteiger partial charge is 0.338 e. The Morgan fingerprint density at radius 3 is 2.56 bits per heavy atom. The molecule has 2 rings (SSSR count). The molecule has 1 aromatic rings. The van der Waals surface area contributed by atoms with E-state index in [0.29, 0.717) is 17.0 Å². The average Bonchev–Trinajstić information content (AvgIpc) is 2.34. The molecule has 2 unspecified atom stereocenters. The van der Waals surface area contributed by atoms with E-state index in [0.717, 1.165) is 12.8 Å². The van der Waals surface area contributed by atoms with Crippen LogP contribution in [0.1, 0.15) is 36.5 Å². The molecule has 1 saturated carbocycles. The lowest BCUT2D eigenvalue weighted by Gasteiger charge is -2.25. The van der Waals surface area contributed by atoms with Crippen LogP contribution in [0.25, 0.3) is 0 Å². The van der Waals surface area contributed by atoms with Gasteiger partial charge in [-0.3, -0.25) is 4.79 Å². The summed E-state index contributed by atoms with van der Waals surface area (Å²) in [5, 5.41) is 0.577. The maximum Gasteiger partial charge on any atom is 0.338 e. The third kappa shape index (κ3) is 3.10. The van der Waals surface area contributed by atoms with E-state index in [1.807, 2.05) is 6.92 Å². The van der Waals surface area contributed by atoms with E-state index in [4.69, 9.17) is 16.3 Å². The Balaban J connectivity index is 1.95. The zero-order valence-electron chi connectivity index (χ0n) is 10.2. The summed E-state index contributed by atoms with van der Waals surface area (Å²) in [7, 11) is 0. The van der Waals surface area contributed by atoms with Crippen LogP contribution in [-0.2, 0) is 9.53 Å². The fraction of sp³-hybridized carbons (Fsp3) is 0.429. The molecular formula is C14H15ClO3. The first-order valence-electron chi connectivity index (χ1n) is 6.05. The number of Topliss-reactive ketones (excluding diaryl/α,β-unsaturated/α-hetero) is 1. The van der Waals surface area contributed by atoms with Crippen molar-refractivity contribution in [2.24, 2.45) is 5.92 Å². The largest absolute Gasteiger partial charge is 0.458 e. The monoisotopic (exact) mass is 266 g/mol. The highest BCUT2D eigenvalue weighted by atomic mass is 35.5. The molecule has 0 N–H and O–H groups in total. The van der Waals surface area contributed by atoms with E-state index >= 15 is 0 Å². The van der Waals surface area contributed by atoms with E-state index in [1.54, 1.807) is 24.3 Å². The summed E-state index contributed by atoms with van der Waals surface area (Å²) >= 11 is 5.75. The van der Waals surface area contributed by atoms with E-state index < -0.39 is 0 Å². The summed E-state index contributed by atoms with van der Waals surface area (Å²) in [4.78, 5) is 23.4. The Labute approximate surface area is 111 Å². The normalized spacial score (nSPS) is 23.8. The van der Waals surface area contributed by atoms with Crippen LogP contribution in [0.2, 0.25) is 5.02 Å². The molecule has 0 amide bonds. The van der Waals surface area contributed by atoms with Gasteiger partial charge in [-0.1, -0.05) is 18.5 Å². The highest BCUT2D eigenvalue weighted by Crippen LogP contribution is 2.23.